The first-order chi connectivity index (χ1) is 7.66. The summed E-state index contributed by atoms with van der Waals surface area (Å²) in [5.74, 6) is 1.42. The Morgan fingerprint density at radius 3 is 2.69 bits per heavy atom. The third kappa shape index (κ3) is 2.53. The smallest absolute Gasteiger partial charge is 0.133 e. The number of furan rings is 1. The molecule has 0 bridgehead atoms. The van der Waals surface area contributed by atoms with E-state index in [0.717, 1.165) is 38.0 Å². The summed E-state index contributed by atoms with van der Waals surface area (Å²) in [5.41, 5.74) is 1.25. The summed E-state index contributed by atoms with van der Waals surface area (Å²) in [4.78, 5) is 13.5. The van der Waals surface area contributed by atoms with Crippen LogP contribution in [-0.2, 0) is 11.3 Å². The quantitative estimate of drug-likeness (QED) is 0.786. The van der Waals surface area contributed by atoms with Crippen molar-refractivity contribution in [2.45, 2.75) is 45.2 Å². The second-order valence-electron chi connectivity index (χ2n) is 4.69. The lowest BCUT2D eigenvalue weighted by molar-refractivity contribution is -0.121. The summed E-state index contributed by atoms with van der Waals surface area (Å²) in [7, 11) is 2.13. The molecule has 0 unspecified atom stereocenters. The molecule has 0 aromatic carbocycles. The van der Waals surface area contributed by atoms with E-state index in [1.54, 1.807) is 6.26 Å². The van der Waals surface area contributed by atoms with Gasteiger partial charge in [0.15, 0.2) is 0 Å². The largest absolute Gasteiger partial charge is 0.469 e. The molecule has 0 spiro atoms. The van der Waals surface area contributed by atoms with Gasteiger partial charge in [0.05, 0.1) is 6.26 Å². The lowest BCUT2D eigenvalue weighted by atomic mass is 9.93. The minimum Gasteiger partial charge on any atom is -0.469 e. The molecule has 1 aromatic rings. The van der Waals surface area contributed by atoms with E-state index < -0.39 is 0 Å². The lowest BCUT2D eigenvalue weighted by Gasteiger charge is -2.30. The maximum Gasteiger partial charge on any atom is 0.133 e. The highest BCUT2D eigenvalue weighted by molar-refractivity contribution is 5.79. The topological polar surface area (TPSA) is 33.5 Å². The van der Waals surface area contributed by atoms with Crippen molar-refractivity contribution in [3.8, 4) is 0 Å². The number of carbonyl (C=O) groups is 1. The first-order valence-corrected chi connectivity index (χ1v) is 5.91. The Morgan fingerprint density at radius 1 is 1.44 bits per heavy atom. The Hall–Kier alpha value is -1.09. The second kappa shape index (κ2) is 4.83. The molecule has 3 heteroatoms. The van der Waals surface area contributed by atoms with E-state index in [1.807, 2.05) is 13.0 Å². The number of rotatable bonds is 3. The molecule has 1 aliphatic rings. The van der Waals surface area contributed by atoms with E-state index in [4.69, 9.17) is 4.42 Å². The lowest BCUT2D eigenvalue weighted by Crippen LogP contribution is -2.34. The summed E-state index contributed by atoms with van der Waals surface area (Å²) < 4.78 is 5.29. The van der Waals surface area contributed by atoms with Gasteiger partial charge in [0, 0.05) is 31.0 Å². The Labute approximate surface area is 96.4 Å². The average molecular weight is 221 g/mol. The van der Waals surface area contributed by atoms with E-state index in [1.165, 1.54) is 5.56 Å². The first kappa shape index (κ1) is 11.4. The molecule has 2 rings (SSSR count). The van der Waals surface area contributed by atoms with Gasteiger partial charge in [0.25, 0.3) is 0 Å². The van der Waals surface area contributed by atoms with Crippen LogP contribution in [0.15, 0.2) is 16.7 Å². The maximum atomic E-state index is 11.2. The highest BCUT2D eigenvalue weighted by atomic mass is 16.3. The van der Waals surface area contributed by atoms with Gasteiger partial charge in [-0.2, -0.15) is 0 Å². The Kier molecular flexibility index (Phi) is 3.44. The molecule has 1 heterocycles. The molecule has 1 saturated carbocycles. The van der Waals surface area contributed by atoms with Crippen molar-refractivity contribution in [3.05, 3.63) is 23.7 Å². The van der Waals surface area contributed by atoms with Crippen molar-refractivity contribution in [2.75, 3.05) is 7.05 Å². The van der Waals surface area contributed by atoms with E-state index >= 15 is 0 Å². The number of hydrogen-bond acceptors (Lipinski definition) is 3. The zero-order chi connectivity index (χ0) is 11.5. The molecule has 0 amide bonds. The number of aryl methyl sites for hydroxylation is 1. The molecule has 0 saturated heterocycles. The summed E-state index contributed by atoms with van der Waals surface area (Å²) in [6.07, 6.45) is 5.25. The van der Waals surface area contributed by atoms with Crippen LogP contribution in [0.1, 0.15) is 37.0 Å². The molecule has 0 N–H and O–H groups in total. The highest BCUT2D eigenvalue weighted by Crippen LogP contribution is 2.21. The summed E-state index contributed by atoms with van der Waals surface area (Å²) in [5, 5.41) is 0. The van der Waals surface area contributed by atoms with Crippen molar-refractivity contribution < 1.29 is 9.21 Å². The fourth-order valence-electron chi connectivity index (χ4n) is 2.34. The fourth-order valence-corrected chi connectivity index (χ4v) is 2.34. The van der Waals surface area contributed by atoms with Gasteiger partial charge in [-0.3, -0.25) is 9.69 Å². The fraction of sp³-hybridized carbons (Fsp3) is 0.615. The molecule has 3 nitrogen and oxygen atoms in total. The van der Waals surface area contributed by atoms with Crippen molar-refractivity contribution in [2.24, 2.45) is 0 Å². The molecule has 0 radical (unpaired) electrons. The molecular weight excluding hydrogens is 202 g/mol. The SMILES string of the molecule is Cc1occc1CN(C)C1CCC(=O)CC1. The summed E-state index contributed by atoms with van der Waals surface area (Å²) >= 11 is 0. The van der Waals surface area contributed by atoms with Crippen LogP contribution < -0.4 is 0 Å². The summed E-state index contributed by atoms with van der Waals surface area (Å²) in [6, 6.07) is 2.58. The molecule has 1 aliphatic carbocycles. The van der Waals surface area contributed by atoms with Gasteiger partial charge >= 0.3 is 0 Å². The van der Waals surface area contributed by atoms with Crippen LogP contribution in [0.5, 0.6) is 0 Å². The van der Waals surface area contributed by atoms with Crippen molar-refractivity contribution in [1.82, 2.24) is 4.90 Å². The third-order valence-corrected chi connectivity index (χ3v) is 3.52. The highest BCUT2D eigenvalue weighted by Gasteiger charge is 2.22. The molecular formula is C13H19NO2. The monoisotopic (exact) mass is 221 g/mol. The zero-order valence-corrected chi connectivity index (χ0v) is 10.0. The van der Waals surface area contributed by atoms with Crippen LogP contribution in [0, 0.1) is 6.92 Å². The molecule has 0 atom stereocenters. The van der Waals surface area contributed by atoms with Crippen LogP contribution in [0.3, 0.4) is 0 Å². The number of ketones is 1. The number of nitrogens with zero attached hydrogens (tertiary/aromatic N) is 1. The van der Waals surface area contributed by atoms with Crippen LogP contribution in [-0.4, -0.2) is 23.8 Å². The van der Waals surface area contributed by atoms with Crippen molar-refractivity contribution in [3.63, 3.8) is 0 Å². The van der Waals surface area contributed by atoms with E-state index in [9.17, 15) is 4.79 Å². The van der Waals surface area contributed by atoms with Gasteiger partial charge in [-0.25, -0.2) is 0 Å². The van der Waals surface area contributed by atoms with Gasteiger partial charge in [-0.1, -0.05) is 0 Å². The van der Waals surface area contributed by atoms with Gasteiger partial charge in [-0.15, -0.1) is 0 Å². The predicted molar refractivity (Wildman–Crippen MR) is 62.2 cm³/mol. The Morgan fingerprint density at radius 2 is 2.12 bits per heavy atom. The minimum atomic E-state index is 0.421. The number of hydrogen-bond donors (Lipinski definition) is 0. The van der Waals surface area contributed by atoms with E-state index in [2.05, 4.69) is 11.9 Å². The average Bonchev–Trinajstić information content (AvgIpc) is 2.65. The number of Topliss-reactive ketones (excluding diaryl/α,β-unsaturated/α-hetero) is 1. The second-order valence-corrected chi connectivity index (χ2v) is 4.69. The first-order valence-electron chi connectivity index (χ1n) is 5.91. The van der Waals surface area contributed by atoms with Gasteiger partial charge < -0.3 is 4.42 Å². The van der Waals surface area contributed by atoms with Crippen LogP contribution in [0.4, 0.5) is 0 Å². The van der Waals surface area contributed by atoms with Gasteiger partial charge in [-0.05, 0) is 32.9 Å². The Bertz CT molecular complexity index is 360. The Balaban J connectivity index is 1.91. The van der Waals surface area contributed by atoms with E-state index in [0.29, 0.717) is 11.8 Å². The van der Waals surface area contributed by atoms with Gasteiger partial charge in [0.1, 0.15) is 11.5 Å². The van der Waals surface area contributed by atoms with Gasteiger partial charge in [0.2, 0.25) is 0 Å². The molecule has 0 aliphatic heterocycles. The van der Waals surface area contributed by atoms with Crippen LogP contribution in [0.2, 0.25) is 0 Å². The molecule has 88 valence electrons. The summed E-state index contributed by atoms with van der Waals surface area (Å²) in [6.45, 7) is 2.91. The van der Waals surface area contributed by atoms with Crippen LogP contribution >= 0.6 is 0 Å². The third-order valence-electron chi connectivity index (χ3n) is 3.52. The molecule has 1 fully saturated rings. The minimum absolute atomic E-state index is 0.421. The molecule has 1 aromatic heterocycles. The zero-order valence-electron chi connectivity index (χ0n) is 10.0. The normalized spacial score (nSPS) is 18.3. The maximum absolute atomic E-state index is 11.2. The number of carbonyl (C=O) groups excluding carboxylic acids is 1. The van der Waals surface area contributed by atoms with E-state index in [-0.39, 0.29) is 0 Å². The molecule has 16 heavy (non-hydrogen) atoms. The van der Waals surface area contributed by atoms with Crippen LogP contribution in [0.25, 0.3) is 0 Å². The standard InChI is InChI=1S/C13H19NO2/c1-10-11(7-8-16-10)9-14(2)12-3-5-13(15)6-4-12/h7-8,12H,3-6,9H2,1-2H3. The predicted octanol–water partition coefficient (Wildman–Crippen LogP) is 2.53. The van der Waals surface area contributed by atoms with Crippen molar-refractivity contribution >= 4 is 5.78 Å². The van der Waals surface area contributed by atoms with Crippen molar-refractivity contribution in [1.29, 1.82) is 0 Å².